The van der Waals surface area contributed by atoms with E-state index >= 15 is 0 Å². The van der Waals surface area contributed by atoms with Crippen LogP contribution in [0.1, 0.15) is 39.0 Å². The molecule has 0 bridgehead atoms. The Labute approximate surface area is 116 Å². The van der Waals surface area contributed by atoms with Crippen molar-refractivity contribution in [3.63, 3.8) is 0 Å². The quantitative estimate of drug-likeness (QED) is 0.835. The van der Waals surface area contributed by atoms with E-state index in [9.17, 15) is 0 Å². The molecule has 4 nitrogen and oxygen atoms in total. The molecular weight excluding hydrogens is 240 g/mol. The van der Waals surface area contributed by atoms with Gasteiger partial charge in [-0.2, -0.15) is 0 Å². The van der Waals surface area contributed by atoms with E-state index in [0.717, 1.165) is 39.5 Å². The molecule has 19 heavy (non-hydrogen) atoms. The van der Waals surface area contributed by atoms with Gasteiger partial charge < -0.3 is 14.8 Å². The maximum absolute atomic E-state index is 6.00. The van der Waals surface area contributed by atoms with Crippen LogP contribution in [-0.2, 0) is 9.47 Å². The second-order valence-corrected chi connectivity index (χ2v) is 6.56. The second kappa shape index (κ2) is 6.08. The Morgan fingerprint density at radius 2 is 2.05 bits per heavy atom. The second-order valence-electron chi connectivity index (χ2n) is 6.56. The van der Waals surface area contributed by atoms with Gasteiger partial charge in [0.1, 0.15) is 0 Å². The molecule has 3 aliphatic rings. The molecule has 1 aliphatic carbocycles. The molecule has 110 valence electrons. The first-order valence-corrected chi connectivity index (χ1v) is 7.96. The molecule has 0 aromatic carbocycles. The highest BCUT2D eigenvalue weighted by atomic mass is 16.5. The van der Waals surface area contributed by atoms with Crippen molar-refractivity contribution in [1.29, 1.82) is 0 Å². The van der Waals surface area contributed by atoms with E-state index in [1.54, 1.807) is 0 Å². The molecule has 3 rings (SSSR count). The molecule has 2 saturated heterocycles. The Kier molecular flexibility index (Phi) is 4.42. The Morgan fingerprint density at radius 1 is 1.26 bits per heavy atom. The summed E-state index contributed by atoms with van der Waals surface area (Å²) in [4.78, 5) is 2.51. The average Bonchev–Trinajstić information content (AvgIpc) is 2.38. The molecule has 1 saturated carbocycles. The van der Waals surface area contributed by atoms with Crippen molar-refractivity contribution in [2.45, 2.75) is 56.7 Å². The van der Waals surface area contributed by atoms with E-state index in [-0.39, 0.29) is 5.60 Å². The van der Waals surface area contributed by atoms with Gasteiger partial charge in [0, 0.05) is 38.3 Å². The number of ether oxygens (including phenoxy) is 2. The highest BCUT2D eigenvalue weighted by Gasteiger charge is 2.42. The van der Waals surface area contributed by atoms with Crippen molar-refractivity contribution in [1.82, 2.24) is 10.2 Å². The van der Waals surface area contributed by atoms with Crippen molar-refractivity contribution in [3.05, 3.63) is 0 Å². The fourth-order valence-electron chi connectivity index (χ4n) is 3.72. The molecule has 0 radical (unpaired) electrons. The van der Waals surface area contributed by atoms with Gasteiger partial charge in [-0.25, -0.2) is 0 Å². The van der Waals surface area contributed by atoms with E-state index in [1.165, 1.54) is 32.1 Å². The molecule has 2 unspecified atom stereocenters. The topological polar surface area (TPSA) is 33.7 Å². The summed E-state index contributed by atoms with van der Waals surface area (Å²) < 4.78 is 11.4. The van der Waals surface area contributed by atoms with Crippen LogP contribution < -0.4 is 5.32 Å². The standard InChI is InChI=1S/C15H28N2O2/c1-13(12-17-6-9-18-10-7-17)16-14-3-8-19-15(11-14)4-2-5-15/h13-14,16H,2-12H2,1H3. The highest BCUT2D eigenvalue weighted by Crippen LogP contribution is 2.42. The first kappa shape index (κ1) is 13.8. The zero-order valence-electron chi connectivity index (χ0n) is 12.2. The molecule has 0 aromatic heterocycles. The summed E-state index contributed by atoms with van der Waals surface area (Å²) in [6.07, 6.45) is 6.32. The fourth-order valence-corrected chi connectivity index (χ4v) is 3.72. The summed E-state index contributed by atoms with van der Waals surface area (Å²) in [7, 11) is 0. The molecular formula is C15H28N2O2. The van der Waals surface area contributed by atoms with E-state index in [1.807, 2.05) is 0 Å². The minimum atomic E-state index is 0.259. The van der Waals surface area contributed by atoms with Crippen LogP contribution in [0.4, 0.5) is 0 Å². The van der Waals surface area contributed by atoms with E-state index < -0.39 is 0 Å². The molecule has 2 aliphatic heterocycles. The number of hydrogen-bond acceptors (Lipinski definition) is 4. The predicted molar refractivity (Wildman–Crippen MR) is 75.4 cm³/mol. The van der Waals surface area contributed by atoms with Gasteiger partial charge in [-0.3, -0.25) is 4.90 Å². The van der Waals surface area contributed by atoms with Crippen molar-refractivity contribution in [3.8, 4) is 0 Å². The number of nitrogens with one attached hydrogen (secondary N) is 1. The van der Waals surface area contributed by atoms with Gasteiger partial charge in [0.2, 0.25) is 0 Å². The maximum Gasteiger partial charge on any atom is 0.0697 e. The number of nitrogens with zero attached hydrogens (tertiary/aromatic N) is 1. The number of hydrogen-bond donors (Lipinski definition) is 1. The van der Waals surface area contributed by atoms with Crippen molar-refractivity contribution < 1.29 is 9.47 Å². The first-order valence-electron chi connectivity index (χ1n) is 7.96. The lowest BCUT2D eigenvalue weighted by atomic mass is 9.74. The summed E-state index contributed by atoms with van der Waals surface area (Å²) in [6, 6.07) is 1.23. The molecule has 1 N–H and O–H groups in total. The molecule has 4 heteroatoms. The van der Waals surface area contributed by atoms with Crippen LogP contribution in [0.15, 0.2) is 0 Å². The maximum atomic E-state index is 6.00. The molecule has 2 heterocycles. The van der Waals surface area contributed by atoms with Crippen LogP contribution >= 0.6 is 0 Å². The molecule has 3 fully saturated rings. The summed E-state index contributed by atoms with van der Waals surface area (Å²) in [5.74, 6) is 0. The van der Waals surface area contributed by atoms with Gasteiger partial charge >= 0.3 is 0 Å². The average molecular weight is 268 g/mol. The summed E-state index contributed by atoms with van der Waals surface area (Å²) >= 11 is 0. The lowest BCUT2D eigenvalue weighted by Gasteiger charge is -2.48. The van der Waals surface area contributed by atoms with Gasteiger partial charge in [0.15, 0.2) is 0 Å². The van der Waals surface area contributed by atoms with Crippen LogP contribution in [0.5, 0.6) is 0 Å². The third kappa shape index (κ3) is 3.48. The SMILES string of the molecule is CC(CN1CCOCC1)NC1CCOC2(CCC2)C1. The Balaban J connectivity index is 1.42. The van der Waals surface area contributed by atoms with Crippen molar-refractivity contribution >= 4 is 0 Å². The van der Waals surface area contributed by atoms with Crippen molar-refractivity contribution in [2.24, 2.45) is 0 Å². The van der Waals surface area contributed by atoms with Gasteiger partial charge in [-0.05, 0) is 39.0 Å². The molecule has 0 aromatic rings. The fraction of sp³-hybridized carbons (Fsp3) is 1.00. The Bertz CT molecular complexity index is 288. The largest absolute Gasteiger partial charge is 0.379 e. The highest BCUT2D eigenvalue weighted by molar-refractivity contribution is 4.96. The van der Waals surface area contributed by atoms with Gasteiger partial charge in [-0.1, -0.05) is 0 Å². The van der Waals surface area contributed by atoms with Gasteiger partial charge in [0.05, 0.1) is 18.8 Å². The first-order chi connectivity index (χ1) is 9.26. The lowest BCUT2D eigenvalue weighted by Crippen LogP contribution is -2.54. The van der Waals surface area contributed by atoms with Crippen LogP contribution in [0.3, 0.4) is 0 Å². The zero-order valence-corrected chi connectivity index (χ0v) is 12.2. The van der Waals surface area contributed by atoms with Crippen LogP contribution in [-0.4, -0.2) is 62.0 Å². The van der Waals surface area contributed by atoms with Crippen LogP contribution in [0.2, 0.25) is 0 Å². The summed E-state index contributed by atoms with van der Waals surface area (Å²) in [5.41, 5.74) is 0.259. The third-order valence-electron chi connectivity index (χ3n) is 4.91. The Hall–Kier alpha value is -0.160. The lowest BCUT2D eigenvalue weighted by molar-refractivity contribution is -0.136. The number of morpholine rings is 1. The summed E-state index contributed by atoms with van der Waals surface area (Å²) in [5, 5.41) is 3.83. The molecule has 2 atom stereocenters. The number of rotatable bonds is 4. The third-order valence-corrected chi connectivity index (χ3v) is 4.91. The minimum Gasteiger partial charge on any atom is -0.379 e. The minimum absolute atomic E-state index is 0.259. The molecule has 0 amide bonds. The van der Waals surface area contributed by atoms with Crippen LogP contribution in [0.25, 0.3) is 0 Å². The van der Waals surface area contributed by atoms with Gasteiger partial charge in [-0.15, -0.1) is 0 Å². The van der Waals surface area contributed by atoms with Crippen LogP contribution in [0, 0.1) is 0 Å². The Morgan fingerprint density at radius 3 is 2.74 bits per heavy atom. The predicted octanol–water partition coefficient (Wildman–Crippen LogP) is 1.40. The molecule has 1 spiro atoms. The van der Waals surface area contributed by atoms with E-state index in [2.05, 4.69) is 17.1 Å². The zero-order chi connectivity index (χ0) is 13.1. The van der Waals surface area contributed by atoms with E-state index in [4.69, 9.17) is 9.47 Å². The summed E-state index contributed by atoms with van der Waals surface area (Å²) in [6.45, 7) is 8.38. The van der Waals surface area contributed by atoms with Crippen molar-refractivity contribution in [2.75, 3.05) is 39.5 Å². The van der Waals surface area contributed by atoms with Gasteiger partial charge in [0.25, 0.3) is 0 Å². The van der Waals surface area contributed by atoms with E-state index in [0.29, 0.717) is 12.1 Å². The normalized spacial score (nSPS) is 33.0. The smallest absolute Gasteiger partial charge is 0.0697 e. The monoisotopic (exact) mass is 268 g/mol.